The molecule has 1 aliphatic heterocycles. The van der Waals surface area contributed by atoms with Gasteiger partial charge in [0.05, 0.1) is 12.4 Å². The summed E-state index contributed by atoms with van der Waals surface area (Å²) in [6.45, 7) is 3.99. The van der Waals surface area contributed by atoms with E-state index in [-0.39, 0.29) is 24.1 Å². The molecular formula is C15H21N3O3. The van der Waals surface area contributed by atoms with Crippen molar-refractivity contribution in [3.8, 4) is 0 Å². The van der Waals surface area contributed by atoms with Crippen LogP contribution in [0.25, 0.3) is 0 Å². The van der Waals surface area contributed by atoms with Gasteiger partial charge in [0.15, 0.2) is 0 Å². The molecule has 3 rings (SSSR count). The van der Waals surface area contributed by atoms with Crippen molar-refractivity contribution in [3.05, 3.63) is 28.4 Å². The van der Waals surface area contributed by atoms with Crippen LogP contribution in [0.5, 0.6) is 0 Å². The average Bonchev–Trinajstić information content (AvgIpc) is 3.16. The van der Waals surface area contributed by atoms with Gasteiger partial charge in [-0.1, -0.05) is 0 Å². The van der Waals surface area contributed by atoms with Crippen molar-refractivity contribution in [2.45, 2.75) is 38.8 Å². The molecule has 0 spiro atoms. The first-order chi connectivity index (χ1) is 10.1. The largest absolute Gasteiger partial charge is 0.376 e. The zero-order chi connectivity index (χ0) is 14.8. The van der Waals surface area contributed by atoms with Crippen LogP contribution >= 0.6 is 0 Å². The second kappa shape index (κ2) is 5.97. The lowest BCUT2D eigenvalue weighted by atomic mass is 10.3. The monoisotopic (exact) mass is 291 g/mol. The lowest BCUT2D eigenvalue weighted by Crippen LogP contribution is -2.35. The summed E-state index contributed by atoms with van der Waals surface area (Å²) in [5.74, 6) is 0.701. The van der Waals surface area contributed by atoms with E-state index in [4.69, 9.17) is 4.74 Å². The minimum Gasteiger partial charge on any atom is -0.376 e. The number of amides is 1. The molecule has 1 amide bonds. The summed E-state index contributed by atoms with van der Waals surface area (Å²) in [6.07, 6.45) is 5.03. The Morgan fingerprint density at radius 3 is 2.95 bits per heavy atom. The van der Waals surface area contributed by atoms with Crippen molar-refractivity contribution in [2.75, 3.05) is 19.7 Å². The van der Waals surface area contributed by atoms with Gasteiger partial charge in [0.25, 0.3) is 5.56 Å². The summed E-state index contributed by atoms with van der Waals surface area (Å²) in [7, 11) is 0. The first-order valence-corrected chi connectivity index (χ1v) is 7.54. The predicted molar refractivity (Wildman–Crippen MR) is 76.9 cm³/mol. The number of hydrogen-bond donors (Lipinski definition) is 0. The van der Waals surface area contributed by atoms with E-state index in [1.165, 1.54) is 29.8 Å². The van der Waals surface area contributed by atoms with Crippen molar-refractivity contribution in [3.63, 3.8) is 0 Å². The van der Waals surface area contributed by atoms with E-state index in [1.807, 2.05) is 0 Å². The van der Waals surface area contributed by atoms with Gasteiger partial charge in [-0.3, -0.25) is 14.2 Å². The van der Waals surface area contributed by atoms with Crippen LogP contribution in [0.4, 0.5) is 0 Å². The van der Waals surface area contributed by atoms with E-state index in [9.17, 15) is 9.59 Å². The molecule has 1 saturated heterocycles. The normalized spacial score (nSPS) is 21.8. The Morgan fingerprint density at radius 1 is 1.43 bits per heavy atom. The Labute approximate surface area is 123 Å². The van der Waals surface area contributed by atoms with Crippen LogP contribution in [0, 0.1) is 12.8 Å². The molecule has 0 aromatic carbocycles. The lowest BCUT2D eigenvalue weighted by molar-refractivity contribution is -0.131. The maximum atomic E-state index is 12.2. The van der Waals surface area contributed by atoms with Gasteiger partial charge >= 0.3 is 0 Å². The minimum atomic E-state index is -0.184. The number of likely N-dealkylation sites (tertiary alicyclic amines) is 1. The highest BCUT2D eigenvalue weighted by atomic mass is 16.5. The number of carbonyl (C=O) groups is 1. The van der Waals surface area contributed by atoms with E-state index in [1.54, 1.807) is 11.8 Å². The molecule has 6 heteroatoms. The van der Waals surface area contributed by atoms with Gasteiger partial charge in [0.2, 0.25) is 5.91 Å². The summed E-state index contributed by atoms with van der Waals surface area (Å²) >= 11 is 0. The highest BCUT2D eigenvalue weighted by molar-refractivity contribution is 5.76. The Bertz CT molecular complexity index is 580. The number of ether oxygens (including phenoxy) is 1. The van der Waals surface area contributed by atoms with Gasteiger partial charge in [-0.05, 0) is 32.1 Å². The third-order valence-electron chi connectivity index (χ3n) is 4.08. The molecule has 0 unspecified atom stereocenters. The van der Waals surface area contributed by atoms with Crippen LogP contribution in [0.3, 0.4) is 0 Å². The van der Waals surface area contributed by atoms with E-state index in [0.717, 1.165) is 18.9 Å². The fraction of sp³-hybridized carbons (Fsp3) is 0.667. The molecule has 0 N–H and O–H groups in total. The fourth-order valence-electron chi connectivity index (χ4n) is 2.53. The molecular weight excluding hydrogens is 270 g/mol. The Hall–Kier alpha value is -1.69. The van der Waals surface area contributed by atoms with E-state index >= 15 is 0 Å². The van der Waals surface area contributed by atoms with Crippen molar-refractivity contribution >= 4 is 5.91 Å². The van der Waals surface area contributed by atoms with E-state index in [0.29, 0.717) is 18.8 Å². The van der Waals surface area contributed by atoms with Gasteiger partial charge in [0.1, 0.15) is 6.54 Å². The third kappa shape index (κ3) is 3.69. The Balaban J connectivity index is 1.52. The van der Waals surface area contributed by atoms with Crippen LogP contribution in [-0.4, -0.2) is 46.2 Å². The Kier molecular flexibility index (Phi) is 4.05. The Morgan fingerprint density at radius 2 is 2.24 bits per heavy atom. The molecule has 0 radical (unpaired) electrons. The second-order valence-electron chi connectivity index (χ2n) is 6.02. The summed E-state index contributed by atoms with van der Waals surface area (Å²) < 4.78 is 7.18. The fourth-order valence-corrected chi connectivity index (χ4v) is 2.53. The molecule has 2 heterocycles. The molecule has 1 saturated carbocycles. The number of carbonyl (C=O) groups excluding carboxylic acids is 1. The average molecular weight is 291 g/mol. The molecule has 1 aliphatic carbocycles. The van der Waals surface area contributed by atoms with Crippen LogP contribution in [0.15, 0.2) is 17.2 Å². The zero-order valence-corrected chi connectivity index (χ0v) is 12.3. The van der Waals surface area contributed by atoms with Crippen LogP contribution in [0.2, 0.25) is 0 Å². The van der Waals surface area contributed by atoms with Crippen molar-refractivity contribution in [1.29, 1.82) is 0 Å². The molecule has 1 atom stereocenters. The topological polar surface area (TPSA) is 64.4 Å². The van der Waals surface area contributed by atoms with E-state index in [2.05, 4.69) is 4.98 Å². The number of nitrogens with zero attached hydrogens (tertiary/aromatic N) is 3. The van der Waals surface area contributed by atoms with Crippen LogP contribution < -0.4 is 5.56 Å². The zero-order valence-electron chi connectivity index (χ0n) is 12.3. The molecule has 114 valence electrons. The quantitative estimate of drug-likeness (QED) is 0.796. The predicted octanol–water partition coefficient (Wildman–Crippen LogP) is 0.579. The minimum absolute atomic E-state index is 0.0414. The van der Waals surface area contributed by atoms with Gasteiger partial charge in [-0.25, -0.2) is 4.98 Å². The van der Waals surface area contributed by atoms with Crippen molar-refractivity contribution in [1.82, 2.24) is 14.5 Å². The molecule has 21 heavy (non-hydrogen) atoms. The third-order valence-corrected chi connectivity index (χ3v) is 4.08. The highest BCUT2D eigenvalue weighted by Gasteiger charge is 2.29. The summed E-state index contributed by atoms with van der Waals surface area (Å²) in [5, 5.41) is 0. The van der Waals surface area contributed by atoms with Crippen molar-refractivity contribution < 1.29 is 9.53 Å². The summed E-state index contributed by atoms with van der Waals surface area (Å²) in [6, 6.07) is 1.44. The number of hydrogen-bond acceptors (Lipinski definition) is 4. The summed E-state index contributed by atoms with van der Waals surface area (Å²) in [4.78, 5) is 29.8. The lowest BCUT2D eigenvalue weighted by Gasteiger charge is -2.17. The smallest absolute Gasteiger partial charge is 0.253 e. The van der Waals surface area contributed by atoms with Gasteiger partial charge in [0, 0.05) is 31.5 Å². The standard InChI is InChI=1S/C15H21N3O3/c1-11-6-14(19)18(10-16-11)8-15(20)17-5-4-13(7-17)21-9-12-2-3-12/h6,10,12-13H,2-5,7-9H2,1H3/t13-/m0/s1. The molecule has 0 bridgehead atoms. The molecule has 2 fully saturated rings. The second-order valence-corrected chi connectivity index (χ2v) is 6.02. The van der Waals surface area contributed by atoms with Crippen LogP contribution in [0.1, 0.15) is 25.0 Å². The highest BCUT2D eigenvalue weighted by Crippen LogP contribution is 2.30. The maximum absolute atomic E-state index is 12.2. The maximum Gasteiger partial charge on any atom is 0.253 e. The van der Waals surface area contributed by atoms with Crippen molar-refractivity contribution in [2.24, 2.45) is 5.92 Å². The number of rotatable bonds is 5. The van der Waals surface area contributed by atoms with Gasteiger partial charge in [-0.15, -0.1) is 0 Å². The van der Waals surface area contributed by atoms with Crippen LogP contribution in [-0.2, 0) is 16.1 Å². The van der Waals surface area contributed by atoms with Gasteiger partial charge < -0.3 is 9.64 Å². The summed E-state index contributed by atoms with van der Waals surface area (Å²) in [5.41, 5.74) is 0.481. The molecule has 1 aromatic rings. The molecule has 6 nitrogen and oxygen atoms in total. The van der Waals surface area contributed by atoms with Gasteiger partial charge in [-0.2, -0.15) is 0 Å². The molecule has 1 aromatic heterocycles. The van der Waals surface area contributed by atoms with E-state index < -0.39 is 0 Å². The number of aryl methyl sites for hydroxylation is 1. The molecule has 2 aliphatic rings. The first kappa shape index (κ1) is 14.3. The number of aromatic nitrogens is 2. The first-order valence-electron chi connectivity index (χ1n) is 7.54. The SMILES string of the molecule is Cc1cc(=O)n(CC(=O)N2CC[C@H](OCC3CC3)C2)cn1.